The second-order valence-corrected chi connectivity index (χ2v) is 4.94. The summed E-state index contributed by atoms with van der Waals surface area (Å²) in [5.74, 6) is 0.115. The molecule has 0 aromatic heterocycles. The topological polar surface area (TPSA) is 49.9 Å². The smallest absolute Gasteiger partial charge is 0.409 e. The van der Waals surface area contributed by atoms with Gasteiger partial charge in [-0.25, -0.2) is 4.79 Å². The SMILES string of the molecule is COC(=O)N1CCN(C(=O)Cc2ccccc2C)CC1. The molecule has 1 aromatic rings. The Kier molecular flexibility index (Phi) is 4.61. The molecule has 0 N–H and O–H groups in total. The maximum absolute atomic E-state index is 12.3. The number of benzene rings is 1. The van der Waals surface area contributed by atoms with Gasteiger partial charge in [0.25, 0.3) is 0 Å². The summed E-state index contributed by atoms with van der Waals surface area (Å²) in [7, 11) is 1.37. The number of hydrogen-bond acceptors (Lipinski definition) is 3. The van der Waals surface area contributed by atoms with Crippen LogP contribution in [0.25, 0.3) is 0 Å². The molecule has 1 saturated heterocycles. The van der Waals surface area contributed by atoms with Gasteiger partial charge >= 0.3 is 6.09 Å². The van der Waals surface area contributed by atoms with Crippen molar-refractivity contribution < 1.29 is 14.3 Å². The van der Waals surface area contributed by atoms with Crippen LogP contribution in [0.5, 0.6) is 0 Å². The molecule has 0 atom stereocenters. The van der Waals surface area contributed by atoms with Crippen molar-refractivity contribution in [1.82, 2.24) is 9.80 Å². The summed E-state index contributed by atoms with van der Waals surface area (Å²) in [6.45, 7) is 4.22. The maximum atomic E-state index is 12.3. The van der Waals surface area contributed by atoms with Crippen LogP contribution in [0.15, 0.2) is 24.3 Å². The van der Waals surface area contributed by atoms with E-state index < -0.39 is 0 Å². The Morgan fingerprint density at radius 3 is 2.30 bits per heavy atom. The van der Waals surface area contributed by atoms with Crippen LogP contribution in [-0.2, 0) is 16.0 Å². The third kappa shape index (κ3) is 3.29. The van der Waals surface area contributed by atoms with E-state index in [9.17, 15) is 9.59 Å². The Morgan fingerprint density at radius 1 is 1.10 bits per heavy atom. The summed E-state index contributed by atoms with van der Waals surface area (Å²) in [4.78, 5) is 27.1. The molecule has 1 aromatic carbocycles. The van der Waals surface area contributed by atoms with Crippen LogP contribution in [0.2, 0.25) is 0 Å². The summed E-state index contributed by atoms with van der Waals surface area (Å²) >= 11 is 0. The van der Waals surface area contributed by atoms with Crippen LogP contribution < -0.4 is 0 Å². The molecule has 108 valence electrons. The standard InChI is InChI=1S/C15H20N2O3/c1-12-5-3-4-6-13(12)11-14(18)16-7-9-17(10-8-16)15(19)20-2/h3-6H,7-11H2,1-2H3. The number of methoxy groups -OCH3 is 1. The second kappa shape index (κ2) is 6.41. The Hall–Kier alpha value is -2.04. The van der Waals surface area contributed by atoms with Crippen molar-refractivity contribution in [2.75, 3.05) is 33.3 Å². The number of carbonyl (C=O) groups excluding carboxylic acids is 2. The van der Waals surface area contributed by atoms with E-state index in [1.165, 1.54) is 7.11 Å². The lowest BCUT2D eigenvalue weighted by atomic mass is 10.1. The first-order chi connectivity index (χ1) is 9.61. The molecule has 2 rings (SSSR count). The van der Waals surface area contributed by atoms with Gasteiger partial charge in [0.1, 0.15) is 0 Å². The van der Waals surface area contributed by atoms with Gasteiger partial charge in [-0.15, -0.1) is 0 Å². The fraction of sp³-hybridized carbons (Fsp3) is 0.467. The van der Waals surface area contributed by atoms with E-state index >= 15 is 0 Å². The number of hydrogen-bond donors (Lipinski definition) is 0. The molecule has 5 heteroatoms. The van der Waals surface area contributed by atoms with Crippen molar-refractivity contribution in [2.45, 2.75) is 13.3 Å². The molecule has 0 bridgehead atoms. The second-order valence-electron chi connectivity index (χ2n) is 4.94. The molecule has 0 spiro atoms. The van der Waals surface area contributed by atoms with Crippen LogP contribution in [-0.4, -0.2) is 55.1 Å². The molecule has 0 saturated carbocycles. The molecule has 5 nitrogen and oxygen atoms in total. The van der Waals surface area contributed by atoms with Gasteiger partial charge in [-0.2, -0.15) is 0 Å². The van der Waals surface area contributed by atoms with Crippen molar-refractivity contribution in [3.05, 3.63) is 35.4 Å². The fourth-order valence-electron chi connectivity index (χ4n) is 2.35. The highest BCUT2D eigenvalue weighted by Crippen LogP contribution is 2.11. The van der Waals surface area contributed by atoms with Crippen LogP contribution in [0.1, 0.15) is 11.1 Å². The minimum absolute atomic E-state index is 0.115. The van der Waals surface area contributed by atoms with E-state index in [0.29, 0.717) is 32.6 Å². The van der Waals surface area contributed by atoms with Crippen LogP contribution >= 0.6 is 0 Å². The summed E-state index contributed by atoms with van der Waals surface area (Å²) in [6.07, 6.45) is 0.0984. The Bertz CT molecular complexity index is 494. The van der Waals surface area contributed by atoms with Crippen LogP contribution in [0, 0.1) is 6.92 Å². The minimum Gasteiger partial charge on any atom is -0.453 e. The summed E-state index contributed by atoms with van der Waals surface area (Å²) in [5, 5.41) is 0. The monoisotopic (exact) mass is 276 g/mol. The highest BCUT2D eigenvalue weighted by atomic mass is 16.5. The summed E-state index contributed by atoms with van der Waals surface area (Å²) in [6, 6.07) is 7.92. The summed E-state index contributed by atoms with van der Waals surface area (Å²) < 4.78 is 4.68. The molecular formula is C15H20N2O3. The van der Waals surface area contributed by atoms with Gasteiger partial charge in [0.2, 0.25) is 5.91 Å². The van der Waals surface area contributed by atoms with Crippen LogP contribution in [0.3, 0.4) is 0 Å². The Balaban J connectivity index is 1.89. The zero-order valence-electron chi connectivity index (χ0n) is 12.0. The maximum Gasteiger partial charge on any atom is 0.409 e. The van der Waals surface area contributed by atoms with E-state index in [1.807, 2.05) is 36.1 Å². The molecule has 2 amide bonds. The number of carbonyl (C=O) groups is 2. The number of amides is 2. The first-order valence-electron chi connectivity index (χ1n) is 6.77. The quantitative estimate of drug-likeness (QED) is 0.821. The Morgan fingerprint density at radius 2 is 1.70 bits per heavy atom. The lowest BCUT2D eigenvalue weighted by molar-refractivity contribution is -0.132. The average Bonchev–Trinajstić information content (AvgIpc) is 2.49. The van der Waals surface area contributed by atoms with Gasteiger partial charge in [0.15, 0.2) is 0 Å². The van der Waals surface area contributed by atoms with Gasteiger partial charge < -0.3 is 14.5 Å². The number of ether oxygens (including phenoxy) is 1. The van der Waals surface area contributed by atoms with E-state index in [-0.39, 0.29) is 12.0 Å². The van der Waals surface area contributed by atoms with Gasteiger partial charge in [-0.1, -0.05) is 24.3 Å². The molecule has 1 aliphatic rings. The largest absolute Gasteiger partial charge is 0.453 e. The third-order valence-electron chi connectivity index (χ3n) is 3.67. The van der Waals surface area contributed by atoms with Crippen LogP contribution in [0.4, 0.5) is 4.79 Å². The summed E-state index contributed by atoms with van der Waals surface area (Å²) in [5.41, 5.74) is 2.20. The van der Waals surface area contributed by atoms with E-state index in [4.69, 9.17) is 0 Å². The number of aryl methyl sites for hydroxylation is 1. The highest BCUT2D eigenvalue weighted by Gasteiger charge is 2.24. The molecule has 1 fully saturated rings. The van der Waals surface area contributed by atoms with E-state index in [2.05, 4.69) is 4.74 Å². The molecule has 20 heavy (non-hydrogen) atoms. The lowest BCUT2D eigenvalue weighted by Crippen LogP contribution is -2.51. The molecule has 0 aliphatic carbocycles. The normalized spacial score (nSPS) is 15.1. The average molecular weight is 276 g/mol. The van der Waals surface area contributed by atoms with Gasteiger partial charge in [-0.3, -0.25) is 4.79 Å². The lowest BCUT2D eigenvalue weighted by Gasteiger charge is -2.34. The molecule has 0 unspecified atom stereocenters. The molecule has 0 radical (unpaired) electrons. The van der Waals surface area contributed by atoms with Gasteiger partial charge in [0, 0.05) is 26.2 Å². The van der Waals surface area contributed by atoms with Crippen molar-refractivity contribution in [1.29, 1.82) is 0 Å². The Labute approximate surface area is 119 Å². The van der Waals surface area contributed by atoms with Crippen molar-refractivity contribution >= 4 is 12.0 Å². The first kappa shape index (κ1) is 14.4. The fourth-order valence-corrected chi connectivity index (χ4v) is 2.35. The molecule has 1 heterocycles. The third-order valence-corrected chi connectivity index (χ3v) is 3.67. The zero-order chi connectivity index (χ0) is 14.5. The highest BCUT2D eigenvalue weighted by molar-refractivity contribution is 5.79. The van der Waals surface area contributed by atoms with Crippen molar-refractivity contribution in [2.24, 2.45) is 0 Å². The van der Waals surface area contributed by atoms with Crippen molar-refractivity contribution in [3.63, 3.8) is 0 Å². The predicted octanol–water partition coefficient (Wildman–Crippen LogP) is 1.45. The van der Waals surface area contributed by atoms with Gasteiger partial charge in [0.05, 0.1) is 13.5 Å². The zero-order valence-corrected chi connectivity index (χ0v) is 12.0. The van der Waals surface area contributed by atoms with E-state index in [0.717, 1.165) is 11.1 Å². The minimum atomic E-state index is -0.323. The molecule has 1 aliphatic heterocycles. The van der Waals surface area contributed by atoms with Crippen molar-refractivity contribution in [3.8, 4) is 0 Å². The van der Waals surface area contributed by atoms with Gasteiger partial charge in [-0.05, 0) is 18.1 Å². The molecular weight excluding hydrogens is 256 g/mol. The van der Waals surface area contributed by atoms with E-state index in [1.54, 1.807) is 4.90 Å². The number of nitrogens with zero attached hydrogens (tertiary/aromatic N) is 2. The number of rotatable bonds is 2. The first-order valence-corrected chi connectivity index (χ1v) is 6.77. The predicted molar refractivity (Wildman–Crippen MR) is 75.4 cm³/mol. The number of piperazine rings is 1.